The molecule has 129 heavy (non-hydrogen) atoms. The molecule has 0 bridgehead atoms. The van der Waals surface area contributed by atoms with Gasteiger partial charge in [0.25, 0.3) is 0 Å². The average Bonchev–Trinajstić information content (AvgIpc) is 1.13. The summed E-state index contributed by atoms with van der Waals surface area (Å²) in [6, 6.07) is 179. The highest BCUT2D eigenvalue weighted by Gasteiger charge is 2.24. The van der Waals surface area contributed by atoms with Gasteiger partial charge >= 0.3 is 0 Å². The Labute approximate surface area is 752 Å². The highest BCUT2D eigenvalue weighted by atomic mass is 32.1. The van der Waals surface area contributed by atoms with Crippen molar-refractivity contribution in [2.75, 3.05) is 19.6 Å². The molecule has 0 saturated heterocycles. The second-order valence-electron chi connectivity index (χ2n) is 32.7. The van der Waals surface area contributed by atoms with Crippen molar-refractivity contribution in [3.63, 3.8) is 0 Å². The number of nitrogens with zero attached hydrogens (tertiary/aromatic N) is 4. The van der Waals surface area contributed by atoms with E-state index in [0.29, 0.717) is 0 Å². The Hall–Kier alpha value is -16.8. The van der Waals surface area contributed by atoms with Gasteiger partial charge in [-0.05, 0) is 301 Å². The van der Waals surface area contributed by atoms with Crippen molar-refractivity contribution in [3.05, 3.63) is 497 Å². The van der Waals surface area contributed by atoms with E-state index in [1.807, 2.05) is 35.6 Å². The van der Waals surface area contributed by atoms with Gasteiger partial charge < -0.3 is 28.4 Å². The van der Waals surface area contributed by atoms with E-state index in [4.69, 9.17) is 8.83 Å². The summed E-state index contributed by atoms with van der Waals surface area (Å²) in [4.78, 5) is 9.39. The number of fused-ring (bicyclic) bond motifs is 12. The van der Waals surface area contributed by atoms with E-state index in [1.54, 1.807) is 0 Å². The molecule has 0 spiro atoms. The zero-order valence-corrected chi connectivity index (χ0v) is 71.2. The van der Waals surface area contributed by atoms with Crippen LogP contribution in [0.2, 0.25) is 0 Å². The molecule has 0 amide bonds. The zero-order chi connectivity index (χ0) is 85.5. The number of anilines is 12. The van der Waals surface area contributed by atoms with Crippen LogP contribution in [-0.4, -0.2) is 0 Å². The Morgan fingerprint density at radius 1 is 0.140 bits per heavy atom. The average molecular weight is 1670 g/mol. The Morgan fingerprint density at radius 2 is 0.419 bits per heavy atom. The van der Waals surface area contributed by atoms with Crippen LogP contribution in [-0.2, 0) is 0 Å². The molecule has 0 N–H and O–H groups in total. The fourth-order valence-electron chi connectivity index (χ4n) is 18.6. The van der Waals surface area contributed by atoms with E-state index in [9.17, 15) is 0 Å². The second kappa shape index (κ2) is 33.7. The molecule has 24 aromatic rings. The third kappa shape index (κ3) is 15.0. The van der Waals surface area contributed by atoms with Gasteiger partial charge in [0.2, 0.25) is 0 Å². The van der Waals surface area contributed by atoms with E-state index >= 15 is 0 Å². The van der Waals surface area contributed by atoms with Gasteiger partial charge in [0, 0.05) is 110 Å². The van der Waals surface area contributed by atoms with Gasteiger partial charge in [0.05, 0.1) is 0 Å². The first-order chi connectivity index (χ1) is 63.9. The Morgan fingerprint density at radius 3 is 0.845 bits per heavy atom. The van der Waals surface area contributed by atoms with E-state index in [1.165, 1.54) is 86.2 Å². The molecule has 0 aliphatic heterocycles. The number of para-hydroxylation sites is 6. The number of hydrogen-bond donors (Lipinski definition) is 0. The van der Waals surface area contributed by atoms with E-state index in [0.717, 1.165) is 134 Å². The second-order valence-corrected chi connectivity index (χ2v) is 33.8. The van der Waals surface area contributed by atoms with Crippen molar-refractivity contribution >= 4 is 165 Å². The van der Waals surface area contributed by atoms with Gasteiger partial charge in [-0.1, -0.05) is 285 Å². The first-order valence-electron chi connectivity index (χ1n) is 43.8. The standard InChI is InChI=1S/C62H42N2S.C60H40N2O2/c1-5-17-43(18-6-1)47-37-48(44-19-7-2-8-20-44)39-54(38-47)64(50-23-11-4-12-24-50)52-34-31-46-40-58(55-25-13-14-26-56(55)59(46)41-52)45-29-32-51(33-30-45)63(49-21-9-3-10-22-49)53-35-36-62-60(42-53)57-27-15-16-28-61(57)65-62;1-4-14-41(15-5-1)44-36-45(42-24-28-49(29-25-42)61(47-16-6-2-7-17-47)51-32-34-59-55(39-51)53-20-10-12-22-57(53)63-59)38-46(37-44)43-26-30-50(31-27-43)62(48-18-8-3-9-19-48)52-33-35-60-56(40-52)54-21-11-13-23-58(54)64-60/h1-42H;1-40H. The normalized spacial score (nSPS) is 11.4. The van der Waals surface area contributed by atoms with Crippen LogP contribution in [0.3, 0.4) is 0 Å². The molecule has 24 rings (SSSR count). The van der Waals surface area contributed by atoms with Crippen molar-refractivity contribution in [1.29, 1.82) is 0 Å². The maximum atomic E-state index is 6.20. The molecule has 0 aliphatic rings. The first-order valence-corrected chi connectivity index (χ1v) is 44.6. The SMILES string of the molecule is c1ccc(-c2cc(-c3ccc(N(c4ccccc4)c4ccc5oc6ccccc6c5c4)cc3)cc(-c3ccc(N(c4ccccc4)c4ccc5oc6ccccc6c5c4)cc3)c2)cc1.c1ccc(-c2cc(-c3ccccc3)cc(N(c3ccccc3)c3ccc4cc(-c5ccc(N(c6ccccc6)c6ccc7sc8ccccc8c7c6)cc5)c5ccccc5c4c3)c2)cc1. The molecule has 7 heteroatoms. The number of hydrogen-bond acceptors (Lipinski definition) is 7. The number of benzene rings is 21. The molecule has 0 unspecified atom stereocenters. The van der Waals surface area contributed by atoms with Crippen LogP contribution in [0.4, 0.5) is 68.2 Å². The number of furan rings is 2. The van der Waals surface area contributed by atoms with Crippen molar-refractivity contribution in [2.24, 2.45) is 0 Å². The summed E-state index contributed by atoms with van der Waals surface area (Å²) in [7, 11) is 0. The molecular weight excluding hydrogens is 1590 g/mol. The smallest absolute Gasteiger partial charge is 0.135 e. The van der Waals surface area contributed by atoms with Gasteiger partial charge in [-0.15, -0.1) is 11.3 Å². The lowest BCUT2D eigenvalue weighted by Crippen LogP contribution is -2.10. The molecule has 3 heterocycles. The lowest BCUT2D eigenvalue weighted by Gasteiger charge is -2.27. The van der Waals surface area contributed by atoms with Crippen LogP contribution in [0.1, 0.15) is 0 Å². The van der Waals surface area contributed by atoms with Gasteiger partial charge in [-0.3, -0.25) is 0 Å². The predicted octanol–water partition coefficient (Wildman–Crippen LogP) is 35.7. The van der Waals surface area contributed by atoms with Gasteiger partial charge in [-0.25, -0.2) is 0 Å². The van der Waals surface area contributed by atoms with Crippen molar-refractivity contribution < 1.29 is 8.83 Å². The third-order valence-electron chi connectivity index (χ3n) is 24.8. The first kappa shape index (κ1) is 77.0. The highest BCUT2D eigenvalue weighted by molar-refractivity contribution is 7.25. The summed E-state index contributed by atoms with van der Waals surface area (Å²) in [5, 5.41) is 11.9. The monoisotopic (exact) mass is 1670 g/mol. The minimum absolute atomic E-state index is 0.881. The predicted molar refractivity (Wildman–Crippen MR) is 547 cm³/mol. The topological polar surface area (TPSA) is 39.2 Å². The Kier molecular flexibility index (Phi) is 20.1. The summed E-state index contributed by atoms with van der Waals surface area (Å²) >= 11 is 1.85. The lowest BCUT2D eigenvalue weighted by atomic mass is 9.92. The molecule has 21 aromatic carbocycles. The van der Waals surface area contributed by atoms with E-state index in [-0.39, 0.29) is 0 Å². The van der Waals surface area contributed by atoms with Gasteiger partial charge in [0.15, 0.2) is 0 Å². The quantitative estimate of drug-likeness (QED) is 0.0798. The summed E-state index contributed by atoms with van der Waals surface area (Å²) in [5.41, 5.74) is 30.7. The number of rotatable bonds is 18. The zero-order valence-electron chi connectivity index (χ0n) is 70.4. The minimum atomic E-state index is 0.881. The minimum Gasteiger partial charge on any atom is -0.456 e. The molecule has 0 radical (unpaired) electrons. The Bertz CT molecular complexity index is 7930. The highest BCUT2D eigenvalue weighted by Crippen LogP contribution is 2.49. The molecule has 608 valence electrons. The van der Waals surface area contributed by atoms with E-state index < -0.39 is 0 Å². The van der Waals surface area contributed by atoms with Gasteiger partial charge in [-0.2, -0.15) is 0 Å². The van der Waals surface area contributed by atoms with Gasteiger partial charge in [0.1, 0.15) is 22.3 Å². The van der Waals surface area contributed by atoms with Crippen LogP contribution in [0.25, 0.3) is 152 Å². The summed E-state index contributed by atoms with van der Waals surface area (Å²) in [5.74, 6) is 0. The fourth-order valence-corrected chi connectivity index (χ4v) is 19.7. The number of thiophene rings is 1. The van der Waals surface area contributed by atoms with Crippen LogP contribution in [0, 0.1) is 0 Å². The maximum Gasteiger partial charge on any atom is 0.135 e. The molecular formula is C122H82N4O2S. The van der Waals surface area contributed by atoms with Crippen LogP contribution < -0.4 is 19.6 Å². The van der Waals surface area contributed by atoms with Crippen molar-refractivity contribution in [2.45, 2.75) is 0 Å². The lowest BCUT2D eigenvalue weighted by molar-refractivity contribution is 0.668. The maximum absolute atomic E-state index is 6.20. The summed E-state index contributed by atoms with van der Waals surface area (Å²) < 4.78 is 15.0. The van der Waals surface area contributed by atoms with E-state index in [2.05, 4.69) is 493 Å². The molecule has 0 fully saturated rings. The van der Waals surface area contributed by atoms with Crippen LogP contribution in [0.15, 0.2) is 506 Å². The molecule has 0 aliphatic carbocycles. The molecule has 0 atom stereocenters. The molecule has 6 nitrogen and oxygen atoms in total. The van der Waals surface area contributed by atoms with Crippen molar-refractivity contribution in [3.8, 4) is 66.8 Å². The van der Waals surface area contributed by atoms with Crippen LogP contribution in [0.5, 0.6) is 0 Å². The third-order valence-corrected chi connectivity index (χ3v) is 26.0. The molecule has 3 aromatic heterocycles. The molecule has 0 saturated carbocycles. The summed E-state index contributed by atoms with van der Waals surface area (Å²) in [6.07, 6.45) is 0. The van der Waals surface area contributed by atoms with Crippen LogP contribution >= 0.6 is 11.3 Å². The summed E-state index contributed by atoms with van der Waals surface area (Å²) in [6.45, 7) is 0. The largest absolute Gasteiger partial charge is 0.456 e. The van der Waals surface area contributed by atoms with Crippen molar-refractivity contribution in [1.82, 2.24) is 0 Å². The fraction of sp³-hybridized carbons (Fsp3) is 0. The Balaban J connectivity index is 0.000000147.